The molecule has 28 heavy (non-hydrogen) atoms. The molecule has 1 aromatic carbocycles. The highest BCUT2D eigenvalue weighted by Crippen LogP contribution is 2.59. The zero-order valence-corrected chi connectivity index (χ0v) is 17.3. The molecule has 1 aromatic rings. The second-order valence-electron chi connectivity index (χ2n) is 10.1. The third kappa shape index (κ3) is 2.60. The summed E-state index contributed by atoms with van der Waals surface area (Å²) in [6, 6.07) is 4.94. The Labute approximate surface area is 167 Å². The lowest BCUT2D eigenvalue weighted by molar-refractivity contribution is -0.116. The van der Waals surface area contributed by atoms with Crippen molar-refractivity contribution in [3.05, 3.63) is 41.2 Å². The van der Waals surface area contributed by atoms with Gasteiger partial charge in [-0.05, 0) is 79.8 Å². The van der Waals surface area contributed by atoms with Gasteiger partial charge >= 0.3 is 0 Å². The van der Waals surface area contributed by atoms with Gasteiger partial charge in [0.25, 0.3) is 0 Å². The summed E-state index contributed by atoms with van der Waals surface area (Å²) in [5.74, 6) is 1.51. The predicted octanol–water partition coefficient (Wildman–Crippen LogP) is 4.52. The van der Waals surface area contributed by atoms with Crippen molar-refractivity contribution in [2.45, 2.75) is 51.9 Å². The van der Waals surface area contributed by atoms with Crippen LogP contribution in [-0.4, -0.2) is 37.0 Å². The number of carbonyl (C=O) groups excluding carboxylic acids is 1. The summed E-state index contributed by atoms with van der Waals surface area (Å²) < 4.78 is 14.0. The summed E-state index contributed by atoms with van der Waals surface area (Å²) in [6.45, 7) is 10.3. The molecule has 2 bridgehead atoms. The number of halogens is 1. The number of fused-ring (bicyclic) bond motifs is 3. The first kappa shape index (κ1) is 18.4. The van der Waals surface area contributed by atoms with Gasteiger partial charge in [0.1, 0.15) is 5.82 Å². The number of hydrogen-bond acceptors (Lipinski definition) is 2. The van der Waals surface area contributed by atoms with E-state index in [1.165, 1.54) is 18.9 Å². The summed E-state index contributed by atoms with van der Waals surface area (Å²) in [7, 11) is 0. The minimum atomic E-state index is -0.194. The molecule has 1 amide bonds. The second kappa shape index (κ2) is 6.16. The Balaban J connectivity index is 1.32. The molecule has 3 aliphatic carbocycles. The smallest absolute Gasteiger partial charge is 0.223 e. The molecule has 0 aromatic heterocycles. The maximum absolute atomic E-state index is 14.0. The van der Waals surface area contributed by atoms with Crippen molar-refractivity contribution in [1.29, 1.82) is 0 Å². The van der Waals surface area contributed by atoms with E-state index in [4.69, 9.17) is 0 Å². The molecular formula is C24H31FN2O. The molecule has 1 unspecified atom stereocenters. The Morgan fingerprint density at radius 1 is 1.25 bits per heavy atom. The lowest BCUT2D eigenvalue weighted by Crippen LogP contribution is -2.51. The van der Waals surface area contributed by atoms with Gasteiger partial charge in [-0.2, -0.15) is 0 Å². The minimum Gasteiger partial charge on any atom is -0.311 e. The van der Waals surface area contributed by atoms with E-state index in [0.29, 0.717) is 12.0 Å². The molecule has 3 nitrogen and oxygen atoms in total. The Kier molecular flexibility index (Phi) is 4.04. The van der Waals surface area contributed by atoms with Gasteiger partial charge < -0.3 is 4.90 Å². The molecule has 1 saturated carbocycles. The largest absolute Gasteiger partial charge is 0.311 e. The summed E-state index contributed by atoms with van der Waals surface area (Å²) in [6.07, 6.45) is 7.12. The molecule has 2 atom stereocenters. The molecule has 0 N–H and O–H groups in total. The van der Waals surface area contributed by atoms with Crippen molar-refractivity contribution in [3.63, 3.8) is 0 Å². The second-order valence-corrected chi connectivity index (χ2v) is 10.1. The fourth-order valence-corrected chi connectivity index (χ4v) is 6.40. The molecule has 2 heterocycles. The van der Waals surface area contributed by atoms with Crippen molar-refractivity contribution in [1.82, 2.24) is 4.90 Å². The number of rotatable bonds is 2. The van der Waals surface area contributed by atoms with Crippen molar-refractivity contribution >= 4 is 11.6 Å². The quantitative estimate of drug-likeness (QED) is 0.702. The number of amides is 1. The Bertz CT molecular complexity index is 850. The zero-order chi connectivity index (χ0) is 19.7. The van der Waals surface area contributed by atoms with Gasteiger partial charge in [-0.25, -0.2) is 4.39 Å². The van der Waals surface area contributed by atoms with Gasteiger partial charge in [-0.1, -0.05) is 25.5 Å². The van der Waals surface area contributed by atoms with Crippen molar-refractivity contribution in [3.8, 4) is 0 Å². The summed E-state index contributed by atoms with van der Waals surface area (Å²) in [5, 5.41) is 0. The van der Waals surface area contributed by atoms with E-state index >= 15 is 0 Å². The Morgan fingerprint density at radius 3 is 2.64 bits per heavy atom. The fourth-order valence-electron chi connectivity index (χ4n) is 6.40. The molecule has 6 rings (SSSR count). The number of anilines is 1. The van der Waals surface area contributed by atoms with Gasteiger partial charge in [-0.3, -0.25) is 9.69 Å². The third-order valence-electron chi connectivity index (χ3n) is 8.46. The zero-order valence-electron chi connectivity index (χ0n) is 17.3. The molecule has 150 valence electrons. The van der Waals surface area contributed by atoms with Crippen molar-refractivity contribution < 1.29 is 9.18 Å². The number of benzene rings is 1. The van der Waals surface area contributed by atoms with Gasteiger partial charge in [0.2, 0.25) is 5.91 Å². The van der Waals surface area contributed by atoms with Crippen LogP contribution in [0, 0.1) is 23.1 Å². The average Bonchev–Trinajstić information content (AvgIpc) is 2.98. The molecule has 5 aliphatic rings. The molecule has 1 spiro atoms. The Hall–Kier alpha value is -1.68. The number of hydrogen-bond donors (Lipinski definition) is 0. The molecule has 2 fully saturated rings. The highest BCUT2D eigenvalue weighted by Gasteiger charge is 2.51. The summed E-state index contributed by atoms with van der Waals surface area (Å²) >= 11 is 0. The number of carbonyl (C=O) groups is 1. The molecule has 2 aliphatic heterocycles. The van der Waals surface area contributed by atoms with E-state index in [0.717, 1.165) is 55.6 Å². The van der Waals surface area contributed by atoms with Crippen LogP contribution >= 0.6 is 0 Å². The van der Waals surface area contributed by atoms with Gasteiger partial charge in [-0.15, -0.1) is 0 Å². The van der Waals surface area contributed by atoms with Crippen LogP contribution in [0.2, 0.25) is 0 Å². The first-order valence-electron chi connectivity index (χ1n) is 10.8. The van der Waals surface area contributed by atoms with Crippen LogP contribution in [-0.2, 0) is 10.2 Å². The van der Waals surface area contributed by atoms with E-state index in [1.54, 1.807) is 24.6 Å². The maximum Gasteiger partial charge on any atom is 0.223 e. The van der Waals surface area contributed by atoms with E-state index < -0.39 is 0 Å². The van der Waals surface area contributed by atoms with Gasteiger partial charge in [0.05, 0.1) is 0 Å². The van der Waals surface area contributed by atoms with Gasteiger partial charge in [0.15, 0.2) is 0 Å². The lowest BCUT2D eigenvalue weighted by atomic mass is 9.49. The SMILES string of the molecule is CC(=O)N1CC2(CCN(CC3=CCC4C[C@@H]3C4(C)C)CC2)c2cc(F)ccc21. The molecular weight excluding hydrogens is 351 g/mol. The number of nitrogens with zero attached hydrogens (tertiary/aromatic N) is 2. The summed E-state index contributed by atoms with van der Waals surface area (Å²) in [5.41, 5.74) is 4.00. The normalized spacial score (nSPS) is 30.0. The first-order chi connectivity index (χ1) is 13.3. The van der Waals surface area contributed by atoms with E-state index in [9.17, 15) is 9.18 Å². The molecule has 1 saturated heterocycles. The topological polar surface area (TPSA) is 23.6 Å². The van der Waals surface area contributed by atoms with Gasteiger partial charge in [0, 0.05) is 31.1 Å². The van der Waals surface area contributed by atoms with Crippen LogP contribution in [0.3, 0.4) is 0 Å². The minimum absolute atomic E-state index is 0.0568. The van der Waals surface area contributed by atoms with Crippen molar-refractivity contribution in [2.24, 2.45) is 17.3 Å². The first-order valence-corrected chi connectivity index (χ1v) is 10.8. The predicted molar refractivity (Wildman–Crippen MR) is 110 cm³/mol. The number of piperidine rings is 1. The summed E-state index contributed by atoms with van der Waals surface area (Å²) in [4.78, 5) is 16.6. The van der Waals surface area contributed by atoms with Crippen molar-refractivity contribution in [2.75, 3.05) is 31.1 Å². The highest BCUT2D eigenvalue weighted by molar-refractivity contribution is 5.94. The monoisotopic (exact) mass is 382 g/mol. The van der Waals surface area contributed by atoms with Crippen LogP contribution in [0.25, 0.3) is 0 Å². The van der Waals surface area contributed by atoms with Crippen LogP contribution in [0.15, 0.2) is 29.8 Å². The van der Waals surface area contributed by atoms with Crippen LogP contribution in [0.5, 0.6) is 0 Å². The van der Waals surface area contributed by atoms with Crippen LogP contribution in [0.1, 0.15) is 52.0 Å². The van der Waals surface area contributed by atoms with E-state index in [2.05, 4.69) is 24.8 Å². The average molecular weight is 383 g/mol. The third-order valence-corrected chi connectivity index (χ3v) is 8.46. The van der Waals surface area contributed by atoms with E-state index in [-0.39, 0.29) is 17.1 Å². The molecule has 4 heteroatoms. The maximum atomic E-state index is 14.0. The van der Waals surface area contributed by atoms with Crippen LogP contribution < -0.4 is 4.90 Å². The molecule has 0 radical (unpaired) electrons. The van der Waals surface area contributed by atoms with Crippen LogP contribution in [0.4, 0.5) is 10.1 Å². The standard InChI is InChI=1S/C24H31FN2O/c1-16(28)27-15-24(21-13-19(25)6-7-22(21)27)8-10-26(11-9-24)14-17-4-5-18-12-20(17)23(18,2)3/h4,6-7,13,18,20H,5,8-12,14-15H2,1-3H3/t18?,20-/m0/s1. The number of allylic oxidation sites excluding steroid dienone is 1. The highest BCUT2D eigenvalue weighted by atomic mass is 19.1. The number of likely N-dealkylation sites (tertiary alicyclic amines) is 1. The Morgan fingerprint density at radius 2 is 2.00 bits per heavy atom. The lowest BCUT2D eigenvalue weighted by Gasteiger charge is -2.57. The fraction of sp³-hybridized carbons (Fsp3) is 0.625. The van der Waals surface area contributed by atoms with E-state index in [1.807, 2.05) is 4.90 Å².